The Morgan fingerprint density at radius 3 is 2.73 bits per heavy atom. The number of ether oxygens (including phenoxy) is 1. The van der Waals surface area contributed by atoms with Gasteiger partial charge in [-0.05, 0) is 18.6 Å². The standard InChI is InChI=1S/C19H22N4O3/c1-19(2)15(12-8-9-26-16(12)19)21-18(25)13-10-14(17(20)24)23(22-13)11-6-4-3-5-7-11/h3-7,10,12,15-16H,8-9H2,1-2H3,(H2,20,24)(H,21,25). The predicted molar refractivity (Wildman–Crippen MR) is 95.0 cm³/mol. The van der Waals surface area contributed by atoms with E-state index in [1.165, 1.54) is 10.7 Å². The molecular formula is C19H22N4O3. The maximum absolute atomic E-state index is 12.8. The molecule has 1 aliphatic heterocycles. The van der Waals surface area contributed by atoms with Gasteiger partial charge in [-0.25, -0.2) is 4.68 Å². The van der Waals surface area contributed by atoms with E-state index in [9.17, 15) is 9.59 Å². The number of amides is 2. The number of carbonyl (C=O) groups excluding carboxylic acids is 2. The monoisotopic (exact) mass is 354 g/mol. The Morgan fingerprint density at radius 1 is 1.31 bits per heavy atom. The number of benzene rings is 1. The average molecular weight is 354 g/mol. The molecule has 7 nitrogen and oxygen atoms in total. The minimum atomic E-state index is -0.631. The molecule has 1 aromatic heterocycles. The molecule has 2 amide bonds. The summed E-state index contributed by atoms with van der Waals surface area (Å²) in [6, 6.07) is 10.6. The summed E-state index contributed by atoms with van der Waals surface area (Å²) in [5.41, 5.74) is 6.38. The van der Waals surface area contributed by atoms with Crippen LogP contribution in [0.5, 0.6) is 0 Å². The molecule has 0 bridgehead atoms. The molecule has 1 aliphatic carbocycles. The normalized spacial score (nSPS) is 26.0. The van der Waals surface area contributed by atoms with Crippen molar-refractivity contribution in [2.45, 2.75) is 32.4 Å². The van der Waals surface area contributed by atoms with Gasteiger partial charge in [0.25, 0.3) is 11.8 Å². The summed E-state index contributed by atoms with van der Waals surface area (Å²) in [6.07, 6.45) is 1.14. The third kappa shape index (κ3) is 2.50. The lowest BCUT2D eigenvalue weighted by atomic mass is 9.57. The quantitative estimate of drug-likeness (QED) is 0.869. The molecule has 2 aromatic rings. The van der Waals surface area contributed by atoms with E-state index in [-0.39, 0.29) is 34.9 Å². The van der Waals surface area contributed by atoms with Gasteiger partial charge in [0.1, 0.15) is 5.69 Å². The number of rotatable bonds is 4. The van der Waals surface area contributed by atoms with E-state index < -0.39 is 5.91 Å². The van der Waals surface area contributed by atoms with Crippen LogP contribution in [0.15, 0.2) is 36.4 Å². The first-order valence-corrected chi connectivity index (χ1v) is 8.77. The van der Waals surface area contributed by atoms with Gasteiger partial charge in [-0.3, -0.25) is 9.59 Å². The molecule has 3 atom stereocenters. The van der Waals surface area contributed by atoms with Gasteiger partial charge in [-0.15, -0.1) is 0 Å². The number of aromatic nitrogens is 2. The molecule has 4 rings (SSSR count). The Kier molecular flexibility index (Phi) is 3.84. The molecular weight excluding hydrogens is 332 g/mol. The average Bonchev–Trinajstić information content (AvgIpc) is 3.26. The second-order valence-corrected chi connectivity index (χ2v) is 7.54. The van der Waals surface area contributed by atoms with Gasteiger partial charge < -0.3 is 15.8 Å². The van der Waals surface area contributed by atoms with Gasteiger partial charge >= 0.3 is 0 Å². The number of fused-ring (bicyclic) bond motifs is 1. The maximum Gasteiger partial charge on any atom is 0.272 e. The van der Waals surface area contributed by atoms with Crippen LogP contribution in [0.2, 0.25) is 0 Å². The third-order valence-corrected chi connectivity index (χ3v) is 5.58. The van der Waals surface area contributed by atoms with Crippen molar-refractivity contribution in [1.29, 1.82) is 0 Å². The lowest BCUT2D eigenvalue weighted by molar-refractivity contribution is -0.108. The molecule has 3 N–H and O–H groups in total. The summed E-state index contributed by atoms with van der Waals surface area (Å²) in [5, 5.41) is 7.40. The zero-order chi connectivity index (χ0) is 18.5. The largest absolute Gasteiger partial charge is 0.377 e. The van der Waals surface area contributed by atoms with E-state index in [2.05, 4.69) is 24.3 Å². The SMILES string of the molecule is CC1(C)C(NC(=O)c2cc(C(N)=O)n(-c3ccccc3)n2)C2CCOC21. The van der Waals surface area contributed by atoms with Crippen LogP contribution in [0.3, 0.4) is 0 Å². The number of carbonyl (C=O) groups is 2. The van der Waals surface area contributed by atoms with Crippen LogP contribution in [-0.4, -0.2) is 40.3 Å². The van der Waals surface area contributed by atoms with Gasteiger partial charge in [-0.1, -0.05) is 32.0 Å². The summed E-state index contributed by atoms with van der Waals surface area (Å²) < 4.78 is 7.17. The van der Waals surface area contributed by atoms with E-state index in [1.807, 2.05) is 18.2 Å². The van der Waals surface area contributed by atoms with Crippen LogP contribution < -0.4 is 11.1 Å². The Hall–Kier alpha value is -2.67. The minimum Gasteiger partial charge on any atom is -0.377 e. The van der Waals surface area contributed by atoms with Crippen LogP contribution in [0, 0.1) is 11.3 Å². The molecule has 2 aliphatic rings. The zero-order valence-corrected chi connectivity index (χ0v) is 14.8. The minimum absolute atomic E-state index is 0.0291. The highest BCUT2D eigenvalue weighted by molar-refractivity contribution is 5.97. The van der Waals surface area contributed by atoms with Crippen molar-refractivity contribution in [1.82, 2.24) is 15.1 Å². The fourth-order valence-corrected chi connectivity index (χ4v) is 4.27. The lowest BCUT2D eigenvalue weighted by Gasteiger charge is -2.54. The summed E-state index contributed by atoms with van der Waals surface area (Å²) in [7, 11) is 0. The predicted octanol–water partition coefficient (Wildman–Crippen LogP) is 1.51. The van der Waals surface area contributed by atoms with Crippen molar-refractivity contribution < 1.29 is 14.3 Å². The third-order valence-electron chi connectivity index (χ3n) is 5.58. The second-order valence-electron chi connectivity index (χ2n) is 7.54. The number of nitrogens with one attached hydrogen (secondary N) is 1. The lowest BCUT2D eigenvalue weighted by Crippen LogP contribution is -2.66. The van der Waals surface area contributed by atoms with E-state index in [0.29, 0.717) is 11.6 Å². The van der Waals surface area contributed by atoms with Crippen molar-refractivity contribution in [2.75, 3.05) is 6.61 Å². The first-order chi connectivity index (χ1) is 12.4. The number of primary amides is 1. The molecule has 2 heterocycles. The molecule has 1 saturated carbocycles. The highest BCUT2D eigenvalue weighted by Crippen LogP contribution is 2.52. The molecule has 3 unspecified atom stereocenters. The van der Waals surface area contributed by atoms with Gasteiger partial charge in [0.15, 0.2) is 5.69 Å². The Morgan fingerprint density at radius 2 is 2.04 bits per heavy atom. The molecule has 7 heteroatoms. The fraction of sp³-hybridized carbons (Fsp3) is 0.421. The fourth-order valence-electron chi connectivity index (χ4n) is 4.27. The van der Waals surface area contributed by atoms with Crippen molar-refractivity contribution in [3.8, 4) is 5.69 Å². The number of hydrogen-bond donors (Lipinski definition) is 2. The highest BCUT2D eigenvalue weighted by Gasteiger charge is 2.59. The Bertz CT molecular complexity index is 859. The molecule has 0 radical (unpaired) electrons. The Balaban J connectivity index is 1.60. The summed E-state index contributed by atoms with van der Waals surface area (Å²) >= 11 is 0. The first kappa shape index (κ1) is 16.8. The molecule has 1 aromatic carbocycles. The zero-order valence-electron chi connectivity index (χ0n) is 14.8. The summed E-state index contributed by atoms with van der Waals surface area (Å²) in [5.74, 6) is -0.597. The van der Waals surface area contributed by atoms with E-state index in [0.717, 1.165) is 13.0 Å². The smallest absolute Gasteiger partial charge is 0.272 e. The Labute approximate surface area is 151 Å². The van der Waals surface area contributed by atoms with E-state index in [4.69, 9.17) is 10.5 Å². The van der Waals surface area contributed by atoms with Gasteiger partial charge in [0, 0.05) is 30.0 Å². The number of nitrogens with two attached hydrogens (primary N) is 1. The first-order valence-electron chi connectivity index (χ1n) is 8.77. The summed E-state index contributed by atoms with van der Waals surface area (Å²) in [6.45, 7) is 4.93. The molecule has 0 spiro atoms. The molecule has 1 saturated heterocycles. The van der Waals surface area contributed by atoms with Crippen LogP contribution >= 0.6 is 0 Å². The maximum atomic E-state index is 12.8. The van der Waals surface area contributed by atoms with Gasteiger partial charge in [-0.2, -0.15) is 5.10 Å². The van der Waals surface area contributed by atoms with Crippen LogP contribution in [-0.2, 0) is 4.74 Å². The second kappa shape index (κ2) is 5.95. The van der Waals surface area contributed by atoms with Crippen molar-refractivity contribution >= 4 is 11.8 Å². The highest BCUT2D eigenvalue weighted by atomic mass is 16.5. The number of nitrogens with zero attached hydrogens (tertiary/aromatic N) is 2. The van der Waals surface area contributed by atoms with Gasteiger partial charge in [0.05, 0.1) is 11.8 Å². The van der Waals surface area contributed by atoms with Crippen molar-refractivity contribution in [3.63, 3.8) is 0 Å². The van der Waals surface area contributed by atoms with Gasteiger partial charge in [0.2, 0.25) is 0 Å². The van der Waals surface area contributed by atoms with Crippen LogP contribution in [0.25, 0.3) is 5.69 Å². The van der Waals surface area contributed by atoms with Crippen molar-refractivity contribution in [2.24, 2.45) is 17.1 Å². The summed E-state index contributed by atoms with van der Waals surface area (Å²) in [4.78, 5) is 24.6. The molecule has 2 fully saturated rings. The van der Waals surface area contributed by atoms with E-state index in [1.54, 1.807) is 12.1 Å². The molecule has 26 heavy (non-hydrogen) atoms. The van der Waals surface area contributed by atoms with Crippen LogP contribution in [0.1, 0.15) is 41.2 Å². The van der Waals surface area contributed by atoms with Crippen molar-refractivity contribution in [3.05, 3.63) is 47.8 Å². The topological polar surface area (TPSA) is 99.2 Å². The molecule has 136 valence electrons. The van der Waals surface area contributed by atoms with Crippen LogP contribution in [0.4, 0.5) is 0 Å². The number of hydrogen-bond acceptors (Lipinski definition) is 4. The number of para-hydroxylation sites is 1. The van der Waals surface area contributed by atoms with E-state index >= 15 is 0 Å².